The van der Waals surface area contributed by atoms with E-state index in [1.807, 2.05) is 7.11 Å². The standard InChI is InChI=1S/C16H31NO2/c1-5-10-17-14(15(2,3)18-4)13-7-11-19-16(12-13)8-6-9-16/h13-14,17H,5-12H2,1-4H3. The van der Waals surface area contributed by atoms with Crippen LogP contribution >= 0.6 is 0 Å². The molecule has 112 valence electrons. The van der Waals surface area contributed by atoms with E-state index >= 15 is 0 Å². The van der Waals surface area contributed by atoms with Gasteiger partial charge in [-0.05, 0) is 64.8 Å². The summed E-state index contributed by atoms with van der Waals surface area (Å²) in [7, 11) is 1.83. The Hall–Kier alpha value is -0.120. The Morgan fingerprint density at radius 2 is 2.16 bits per heavy atom. The van der Waals surface area contributed by atoms with Gasteiger partial charge in [-0.2, -0.15) is 0 Å². The molecule has 1 aliphatic carbocycles. The number of rotatable bonds is 6. The SMILES string of the molecule is CCCNC(C1CCOC2(CCC2)C1)C(C)(C)OC. The minimum Gasteiger partial charge on any atom is -0.377 e. The number of hydrogen-bond acceptors (Lipinski definition) is 3. The van der Waals surface area contributed by atoms with E-state index in [-0.39, 0.29) is 11.2 Å². The molecule has 1 aliphatic heterocycles. The minimum atomic E-state index is -0.109. The first-order chi connectivity index (χ1) is 9.03. The molecule has 19 heavy (non-hydrogen) atoms. The van der Waals surface area contributed by atoms with Crippen LogP contribution in [0.25, 0.3) is 0 Å². The summed E-state index contributed by atoms with van der Waals surface area (Å²) < 4.78 is 11.8. The zero-order valence-corrected chi connectivity index (χ0v) is 13.1. The van der Waals surface area contributed by atoms with E-state index in [9.17, 15) is 0 Å². The van der Waals surface area contributed by atoms with E-state index in [1.165, 1.54) is 32.1 Å². The van der Waals surface area contributed by atoms with E-state index in [1.54, 1.807) is 0 Å². The van der Waals surface area contributed by atoms with Crippen molar-refractivity contribution in [3.05, 3.63) is 0 Å². The van der Waals surface area contributed by atoms with Crippen molar-refractivity contribution in [1.82, 2.24) is 5.32 Å². The van der Waals surface area contributed by atoms with Crippen LogP contribution in [0.5, 0.6) is 0 Å². The summed E-state index contributed by atoms with van der Waals surface area (Å²) in [6.45, 7) is 8.64. The fourth-order valence-electron chi connectivity index (χ4n) is 3.68. The summed E-state index contributed by atoms with van der Waals surface area (Å²) in [6, 6.07) is 0.429. The van der Waals surface area contributed by atoms with Crippen LogP contribution in [0.15, 0.2) is 0 Å². The van der Waals surface area contributed by atoms with Gasteiger partial charge >= 0.3 is 0 Å². The van der Waals surface area contributed by atoms with Crippen LogP contribution in [0, 0.1) is 5.92 Å². The zero-order valence-electron chi connectivity index (χ0n) is 13.1. The Bertz CT molecular complexity index is 286. The van der Waals surface area contributed by atoms with Gasteiger partial charge in [-0.15, -0.1) is 0 Å². The Balaban J connectivity index is 2.04. The van der Waals surface area contributed by atoms with Gasteiger partial charge in [0.25, 0.3) is 0 Å². The Morgan fingerprint density at radius 3 is 2.68 bits per heavy atom. The van der Waals surface area contributed by atoms with Crippen molar-refractivity contribution in [2.24, 2.45) is 5.92 Å². The van der Waals surface area contributed by atoms with E-state index in [0.29, 0.717) is 12.0 Å². The molecular formula is C16H31NO2. The molecule has 1 N–H and O–H groups in total. The molecule has 3 heteroatoms. The minimum absolute atomic E-state index is 0.109. The topological polar surface area (TPSA) is 30.5 Å². The van der Waals surface area contributed by atoms with E-state index in [0.717, 1.165) is 19.6 Å². The van der Waals surface area contributed by atoms with Crippen LogP contribution in [0.1, 0.15) is 59.3 Å². The lowest BCUT2D eigenvalue weighted by molar-refractivity contribution is -0.157. The Morgan fingerprint density at radius 1 is 1.42 bits per heavy atom. The summed E-state index contributed by atoms with van der Waals surface area (Å²) >= 11 is 0. The van der Waals surface area contributed by atoms with Crippen molar-refractivity contribution >= 4 is 0 Å². The van der Waals surface area contributed by atoms with Gasteiger partial charge in [-0.1, -0.05) is 6.92 Å². The molecule has 1 spiro atoms. The van der Waals surface area contributed by atoms with E-state index in [2.05, 4.69) is 26.1 Å². The fourth-order valence-corrected chi connectivity index (χ4v) is 3.68. The van der Waals surface area contributed by atoms with Crippen molar-refractivity contribution in [3.8, 4) is 0 Å². The molecule has 1 saturated carbocycles. The summed E-state index contributed by atoms with van der Waals surface area (Å²) in [5.74, 6) is 0.676. The van der Waals surface area contributed by atoms with Gasteiger partial charge in [0.2, 0.25) is 0 Å². The second-order valence-corrected chi connectivity index (χ2v) is 6.88. The van der Waals surface area contributed by atoms with Crippen molar-refractivity contribution in [3.63, 3.8) is 0 Å². The maximum absolute atomic E-state index is 6.06. The second kappa shape index (κ2) is 6.11. The van der Waals surface area contributed by atoms with Gasteiger partial charge in [-0.3, -0.25) is 0 Å². The number of methoxy groups -OCH3 is 1. The average Bonchev–Trinajstić information content (AvgIpc) is 2.37. The first-order valence-electron chi connectivity index (χ1n) is 7.95. The van der Waals surface area contributed by atoms with Gasteiger partial charge in [0.05, 0.1) is 11.2 Å². The fraction of sp³-hybridized carbons (Fsp3) is 1.00. The molecular weight excluding hydrogens is 238 g/mol. The number of nitrogens with one attached hydrogen (secondary N) is 1. The van der Waals surface area contributed by atoms with Crippen molar-refractivity contribution < 1.29 is 9.47 Å². The van der Waals surface area contributed by atoms with Crippen LogP contribution in [-0.4, -0.2) is 37.5 Å². The smallest absolute Gasteiger partial charge is 0.0777 e. The largest absolute Gasteiger partial charge is 0.377 e. The molecule has 2 fully saturated rings. The van der Waals surface area contributed by atoms with Crippen LogP contribution in [-0.2, 0) is 9.47 Å². The lowest BCUT2D eigenvalue weighted by Gasteiger charge is -2.51. The summed E-state index contributed by atoms with van der Waals surface area (Å²) in [5.41, 5.74) is 0.112. The van der Waals surface area contributed by atoms with Crippen LogP contribution in [0.4, 0.5) is 0 Å². The molecule has 1 saturated heterocycles. The zero-order chi connectivity index (χ0) is 13.9. The quantitative estimate of drug-likeness (QED) is 0.803. The molecule has 1 heterocycles. The van der Waals surface area contributed by atoms with Gasteiger partial charge in [-0.25, -0.2) is 0 Å². The van der Waals surface area contributed by atoms with Crippen LogP contribution in [0.3, 0.4) is 0 Å². The normalized spacial score (nSPS) is 28.1. The summed E-state index contributed by atoms with van der Waals surface area (Å²) in [6.07, 6.45) is 7.41. The summed E-state index contributed by atoms with van der Waals surface area (Å²) in [5, 5.41) is 3.74. The predicted molar refractivity (Wildman–Crippen MR) is 78.4 cm³/mol. The van der Waals surface area contributed by atoms with Gasteiger partial charge < -0.3 is 14.8 Å². The maximum atomic E-state index is 6.06. The lowest BCUT2D eigenvalue weighted by Crippen LogP contribution is -2.57. The molecule has 0 bridgehead atoms. The highest BCUT2D eigenvalue weighted by molar-refractivity contribution is 5.00. The molecule has 0 aromatic carbocycles. The number of ether oxygens (including phenoxy) is 2. The molecule has 3 nitrogen and oxygen atoms in total. The molecule has 0 aromatic rings. The molecule has 2 unspecified atom stereocenters. The highest BCUT2D eigenvalue weighted by Gasteiger charge is 2.46. The first-order valence-corrected chi connectivity index (χ1v) is 7.95. The number of hydrogen-bond donors (Lipinski definition) is 1. The Kier molecular flexibility index (Phi) is 4.91. The molecule has 2 rings (SSSR count). The van der Waals surface area contributed by atoms with Crippen molar-refractivity contribution in [2.45, 2.75) is 76.5 Å². The summed E-state index contributed by atoms with van der Waals surface area (Å²) in [4.78, 5) is 0. The van der Waals surface area contributed by atoms with E-state index < -0.39 is 0 Å². The van der Waals surface area contributed by atoms with Crippen molar-refractivity contribution in [1.29, 1.82) is 0 Å². The highest BCUT2D eigenvalue weighted by atomic mass is 16.5. The highest BCUT2D eigenvalue weighted by Crippen LogP contribution is 2.46. The monoisotopic (exact) mass is 269 g/mol. The van der Waals surface area contributed by atoms with Gasteiger partial charge in [0.1, 0.15) is 0 Å². The molecule has 0 amide bonds. The second-order valence-electron chi connectivity index (χ2n) is 6.88. The Labute approximate surface area is 118 Å². The third kappa shape index (κ3) is 3.32. The molecule has 2 aliphatic rings. The van der Waals surface area contributed by atoms with Crippen molar-refractivity contribution in [2.75, 3.05) is 20.3 Å². The third-order valence-electron chi connectivity index (χ3n) is 5.16. The van der Waals surface area contributed by atoms with Gasteiger partial charge in [0.15, 0.2) is 0 Å². The average molecular weight is 269 g/mol. The van der Waals surface area contributed by atoms with Gasteiger partial charge in [0, 0.05) is 19.8 Å². The van der Waals surface area contributed by atoms with E-state index in [4.69, 9.17) is 9.47 Å². The molecule has 2 atom stereocenters. The lowest BCUT2D eigenvalue weighted by atomic mass is 9.68. The third-order valence-corrected chi connectivity index (χ3v) is 5.16. The first kappa shape index (κ1) is 15.3. The predicted octanol–water partition coefficient (Wildman–Crippen LogP) is 3.13. The molecule has 0 radical (unpaired) electrons. The maximum Gasteiger partial charge on any atom is 0.0777 e. The van der Waals surface area contributed by atoms with Crippen LogP contribution < -0.4 is 5.32 Å². The molecule has 0 aromatic heterocycles. The van der Waals surface area contributed by atoms with Crippen LogP contribution in [0.2, 0.25) is 0 Å².